The van der Waals surface area contributed by atoms with Crippen molar-refractivity contribution < 1.29 is 4.39 Å². The van der Waals surface area contributed by atoms with Gasteiger partial charge in [-0.2, -0.15) is 0 Å². The average molecular weight is 218 g/mol. The molecule has 0 fully saturated rings. The summed E-state index contributed by atoms with van der Waals surface area (Å²) in [6.45, 7) is 0. The lowest BCUT2D eigenvalue weighted by molar-refractivity contribution is 0.628. The third-order valence-corrected chi connectivity index (χ3v) is 2.98. The maximum absolute atomic E-state index is 12.6. The zero-order valence-electron chi connectivity index (χ0n) is 8.19. The lowest BCUT2D eigenvalue weighted by Crippen LogP contribution is -1.75. The van der Waals surface area contributed by atoms with Gasteiger partial charge < -0.3 is 0 Å². The molecule has 0 bridgehead atoms. The molecule has 0 unspecified atom stereocenters. The standard InChI is InChI=1S/C13H11FS/c14-12-8-6-11(7-9-12)3-1-4-13-5-2-10-15-13/h1-3,5-10H,4H2/b3-1+. The molecule has 2 rings (SSSR count). The van der Waals surface area contributed by atoms with E-state index in [4.69, 9.17) is 0 Å². The van der Waals surface area contributed by atoms with E-state index in [2.05, 4.69) is 17.5 Å². The molecule has 0 aliphatic rings. The summed E-state index contributed by atoms with van der Waals surface area (Å²) in [4.78, 5) is 1.34. The first-order valence-corrected chi connectivity index (χ1v) is 5.67. The molecule has 2 heteroatoms. The summed E-state index contributed by atoms with van der Waals surface area (Å²) in [5.74, 6) is -0.189. The first-order chi connectivity index (χ1) is 7.34. The van der Waals surface area contributed by atoms with Crippen LogP contribution in [0.1, 0.15) is 10.4 Å². The lowest BCUT2D eigenvalue weighted by Gasteiger charge is -1.92. The highest BCUT2D eigenvalue weighted by Crippen LogP contribution is 2.11. The van der Waals surface area contributed by atoms with Gasteiger partial charge in [-0.15, -0.1) is 11.3 Å². The van der Waals surface area contributed by atoms with Crippen LogP contribution in [-0.2, 0) is 6.42 Å². The van der Waals surface area contributed by atoms with Crippen molar-refractivity contribution in [1.29, 1.82) is 0 Å². The third-order valence-electron chi connectivity index (χ3n) is 2.08. The maximum atomic E-state index is 12.6. The minimum absolute atomic E-state index is 0.189. The van der Waals surface area contributed by atoms with Crippen LogP contribution in [-0.4, -0.2) is 0 Å². The van der Waals surface area contributed by atoms with Crippen LogP contribution in [0.15, 0.2) is 47.9 Å². The van der Waals surface area contributed by atoms with Gasteiger partial charge in [0.05, 0.1) is 0 Å². The Balaban J connectivity index is 1.97. The Kier molecular flexibility index (Phi) is 3.30. The fourth-order valence-electron chi connectivity index (χ4n) is 1.31. The van der Waals surface area contributed by atoms with Crippen molar-refractivity contribution in [3.8, 4) is 0 Å². The molecule has 0 N–H and O–H groups in total. The van der Waals surface area contributed by atoms with Gasteiger partial charge in [0.25, 0.3) is 0 Å². The molecule has 0 aliphatic heterocycles. The summed E-state index contributed by atoms with van der Waals surface area (Å²) in [6, 6.07) is 10.7. The summed E-state index contributed by atoms with van der Waals surface area (Å²) in [6.07, 6.45) is 5.05. The van der Waals surface area contributed by atoms with Crippen LogP contribution in [0, 0.1) is 5.82 Å². The largest absolute Gasteiger partial charge is 0.207 e. The van der Waals surface area contributed by atoms with E-state index in [1.54, 1.807) is 23.5 Å². The summed E-state index contributed by atoms with van der Waals surface area (Å²) in [7, 11) is 0. The zero-order chi connectivity index (χ0) is 10.5. The number of allylic oxidation sites excluding steroid dienone is 1. The summed E-state index contributed by atoms with van der Waals surface area (Å²) < 4.78 is 12.6. The smallest absolute Gasteiger partial charge is 0.123 e. The lowest BCUT2D eigenvalue weighted by atomic mass is 10.2. The Bertz CT molecular complexity index is 426. The highest BCUT2D eigenvalue weighted by atomic mass is 32.1. The Morgan fingerprint density at radius 3 is 2.60 bits per heavy atom. The SMILES string of the molecule is Fc1ccc(/C=C/Cc2cccs2)cc1. The molecular weight excluding hydrogens is 207 g/mol. The number of hydrogen-bond donors (Lipinski definition) is 0. The van der Waals surface area contributed by atoms with Crippen molar-refractivity contribution in [3.63, 3.8) is 0 Å². The fourth-order valence-corrected chi connectivity index (χ4v) is 2.00. The fraction of sp³-hybridized carbons (Fsp3) is 0.0769. The highest BCUT2D eigenvalue weighted by molar-refractivity contribution is 7.09. The minimum Gasteiger partial charge on any atom is -0.207 e. The molecule has 0 amide bonds. The molecular formula is C13H11FS. The Labute approximate surface area is 92.7 Å². The van der Waals surface area contributed by atoms with E-state index in [9.17, 15) is 4.39 Å². The van der Waals surface area contributed by atoms with Crippen LogP contribution in [0.25, 0.3) is 6.08 Å². The van der Waals surface area contributed by atoms with Gasteiger partial charge >= 0.3 is 0 Å². The predicted octanol–water partition coefficient (Wildman–Crippen LogP) is 4.14. The molecule has 0 nitrogen and oxygen atoms in total. The average Bonchev–Trinajstić information content (AvgIpc) is 2.74. The molecule has 1 aromatic heterocycles. The Morgan fingerprint density at radius 2 is 1.93 bits per heavy atom. The third kappa shape index (κ3) is 3.03. The second-order valence-electron chi connectivity index (χ2n) is 3.24. The van der Waals surface area contributed by atoms with Gasteiger partial charge in [-0.1, -0.05) is 30.4 Å². The van der Waals surface area contributed by atoms with Crippen molar-refractivity contribution >= 4 is 17.4 Å². The van der Waals surface area contributed by atoms with E-state index in [1.165, 1.54) is 17.0 Å². The normalized spacial score (nSPS) is 11.0. The van der Waals surface area contributed by atoms with E-state index in [1.807, 2.05) is 12.1 Å². The summed E-state index contributed by atoms with van der Waals surface area (Å²) in [5, 5.41) is 2.07. The second-order valence-corrected chi connectivity index (χ2v) is 4.27. The Morgan fingerprint density at radius 1 is 1.13 bits per heavy atom. The number of halogens is 1. The first kappa shape index (κ1) is 10.1. The molecule has 0 radical (unpaired) electrons. The highest BCUT2D eigenvalue weighted by Gasteiger charge is 1.90. The monoisotopic (exact) mass is 218 g/mol. The molecule has 1 aromatic carbocycles. The molecule has 0 atom stereocenters. The molecule has 76 valence electrons. The van der Waals surface area contributed by atoms with Crippen LogP contribution in [0.4, 0.5) is 4.39 Å². The van der Waals surface area contributed by atoms with Gasteiger partial charge in [-0.3, -0.25) is 0 Å². The first-order valence-electron chi connectivity index (χ1n) is 4.79. The van der Waals surface area contributed by atoms with Crippen LogP contribution in [0.2, 0.25) is 0 Å². The molecule has 15 heavy (non-hydrogen) atoms. The summed E-state index contributed by atoms with van der Waals surface area (Å²) in [5.41, 5.74) is 1.04. The van der Waals surface area contributed by atoms with Gasteiger partial charge in [-0.05, 0) is 29.1 Å². The molecule has 0 saturated carbocycles. The van der Waals surface area contributed by atoms with Crippen molar-refractivity contribution in [2.75, 3.05) is 0 Å². The molecule has 0 saturated heterocycles. The van der Waals surface area contributed by atoms with Gasteiger partial charge in [0, 0.05) is 11.3 Å². The van der Waals surface area contributed by atoms with Gasteiger partial charge in [0.1, 0.15) is 5.82 Å². The number of thiophene rings is 1. The van der Waals surface area contributed by atoms with Gasteiger partial charge in [0.15, 0.2) is 0 Å². The van der Waals surface area contributed by atoms with Gasteiger partial charge in [0.2, 0.25) is 0 Å². The van der Waals surface area contributed by atoms with Crippen molar-refractivity contribution in [3.05, 3.63) is 64.1 Å². The zero-order valence-corrected chi connectivity index (χ0v) is 9.01. The minimum atomic E-state index is -0.189. The molecule has 1 heterocycles. The van der Waals surface area contributed by atoms with Crippen LogP contribution in [0.5, 0.6) is 0 Å². The van der Waals surface area contributed by atoms with Crippen molar-refractivity contribution in [1.82, 2.24) is 0 Å². The van der Waals surface area contributed by atoms with Crippen LogP contribution in [0.3, 0.4) is 0 Å². The summed E-state index contributed by atoms with van der Waals surface area (Å²) >= 11 is 1.75. The molecule has 2 aromatic rings. The molecule has 0 spiro atoms. The predicted molar refractivity (Wildman–Crippen MR) is 63.5 cm³/mol. The van der Waals surface area contributed by atoms with Crippen LogP contribution >= 0.6 is 11.3 Å². The van der Waals surface area contributed by atoms with Crippen molar-refractivity contribution in [2.45, 2.75) is 6.42 Å². The quantitative estimate of drug-likeness (QED) is 0.726. The Hall–Kier alpha value is -1.41. The van der Waals surface area contributed by atoms with Gasteiger partial charge in [-0.25, -0.2) is 4.39 Å². The number of hydrogen-bond acceptors (Lipinski definition) is 1. The van der Waals surface area contributed by atoms with E-state index < -0.39 is 0 Å². The maximum Gasteiger partial charge on any atom is 0.123 e. The van der Waals surface area contributed by atoms with E-state index in [-0.39, 0.29) is 5.82 Å². The topological polar surface area (TPSA) is 0 Å². The molecule has 0 aliphatic carbocycles. The van der Waals surface area contributed by atoms with E-state index >= 15 is 0 Å². The number of rotatable bonds is 3. The van der Waals surface area contributed by atoms with Crippen LogP contribution < -0.4 is 0 Å². The second kappa shape index (κ2) is 4.89. The van der Waals surface area contributed by atoms with E-state index in [0.717, 1.165) is 12.0 Å². The number of benzene rings is 1. The van der Waals surface area contributed by atoms with E-state index in [0.29, 0.717) is 0 Å². The van der Waals surface area contributed by atoms with Crippen molar-refractivity contribution in [2.24, 2.45) is 0 Å².